The van der Waals surface area contributed by atoms with Crippen LogP contribution in [0.2, 0.25) is 0 Å². The van der Waals surface area contributed by atoms with E-state index in [9.17, 15) is 19.7 Å². The Kier molecular flexibility index (Phi) is 4.66. The molecule has 10 heteroatoms. The fourth-order valence-corrected chi connectivity index (χ4v) is 3.58. The van der Waals surface area contributed by atoms with Crippen molar-refractivity contribution < 1.29 is 18.9 Å². The molecular formula is C17H20N4O6. The van der Waals surface area contributed by atoms with E-state index in [-0.39, 0.29) is 24.4 Å². The van der Waals surface area contributed by atoms with Crippen LogP contribution in [0.3, 0.4) is 0 Å². The van der Waals surface area contributed by atoms with E-state index in [2.05, 4.69) is 0 Å². The zero-order chi connectivity index (χ0) is 19.0. The molecule has 4 rings (SSSR count). The number of hydrogen-bond donors (Lipinski definition) is 0. The summed E-state index contributed by atoms with van der Waals surface area (Å²) in [6.45, 7) is 3.22. The van der Waals surface area contributed by atoms with Crippen LogP contribution in [0.5, 0.6) is 0 Å². The first-order valence-electron chi connectivity index (χ1n) is 8.93. The van der Waals surface area contributed by atoms with Crippen molar-refractivity contribution in [3.63, 3.8) is 0 Å². The van der Waals surface area contributed by atoms with E-state index in [1.807, 2.05) is 4.90 Å². The van der Waals surface area contributed by atoms with Gasteiger partial charge in [0, 0.05) is 44.9 Å². The Morgan fingerprint density at radius 3 is 2.70 bits per heavy atom. The first-order chi connectivity index (χ1) is 13.0. The number of aromatic nitrogens is 1. The van der Waals surface area contributed by atoms with E-state index in [1.54, 1.807) is 4.90 Å². The maximum absolute atomic E-state index is 12.4. The summed E-state index contributed by atoms with van der Waals surface area (Å²) in [4.78, 5) is 38.9. The van der Waals surface area contributed by atoms with Crippen molar-refractivity contribution in [2.75, 3.05) is 32.8 Å². The Balaban J connectivity index is 1.45. The summed E-state index contributed by atoms with van der Waals surface area (Å²) < 4.78 is 12.0. The average Bonchev–Trinajstić information content (AvgIpc) is 3.30. The maximum atomic E-state index is 12.4. The highest BCUT2D eigenvalue weighted by Gasteiger charge is 2.30. The Labute approximate surface area is 154 Å². The maximum Gasteiger partial charge on any atom is 0.421 e. The van der Waals surface area contributed by atoms with E-state index >= 15 is 0 Å². The van der Waals surface area contributed by atoms with Crippen LogP contribution < -0.4 is 5.76 Å². The third-order valence-corrected chi connectivity index (χ3v) is 5.09. The molecule has 1 aromatic carbocycles. The Hall–Kier alpha value is -2.72. The number of hydrogen-bond acceptors (Lipinski definition) is 7. The number of non-ortho nitro benzene ring substituents is 1. The standard InChI is InChI=1S/C17H20N4O6/c22-16(15-2-1-9-26-15)19-7-5-18(6-8-19)11-20-13-10-12(21(24)25)3-4-14(13)27-17(20)23/h3-4,10,15H,1-2,5-9,11H2. The molecule has 0 aliphatic carbocycles. The van der Waals surface area contributed by atoms with Crippen molar-refractivity contribution in [1.29, 1.82) is 0 Å². The van der Waals surface area contributed by atoms with Gasteiger partial charge >= 0.3 is 5.76 Å². The van der Waals surface area contributed by atoms with Crippen LogP contribution >= 0.6 is 0 Å². The number of carbonyl (C=O) groups excluding carboxylic acids is 1. The summed E-state index contributed by atoms with van der Waals surface area (Å²) in [5.74, 6) is -0.517. The SMILES string of the molecule is O=C(C1CCCO1)N1CCN(Cn2c(=O)oc3ccc([N+](=O)[O-])cc32)CC1. The van der Waals surface area contributed by atoms with Crippen LogP contribution in [0.4, 0.5) is 5.69 Å². The van der Waals surface area contributed by atoms with Crippen LogP contribution in [-0.2, 0) is 16.2 Å². The third kappa shape index (κ3) is 3.45. The molecule has 10 nitrogen and oxygen atoms in total. The first-order valence-corrected chi connectivity index (χ1v) is 8.93. The zero-order valence-corrected chi connectivity index (χ0v) is 14.7. The summed E-state index contributed by atoms with van der Waals surface area (Å²) >= 11 is 0. The highest BCUT2D eigenvalue weighted by atomic mass is 16.6. The zero-order valence-electron chi connectivity index (χ0n) is 14.7. The highest BCUT2D eigenvalue weighted by molar-refractivity contribution is 5.81. The number of nitrogens with zero attached hydrogens (tertiary/aromatic N) is 4. The van der Waals surface area contributed by atoms with Gasteiger partial charge in [-0.25, -0.2) is 4.79 Å². The van der Waals surface area contributed by atoms with E-state index < -0.39 is 10.7 Å². The lowest BCUT2D eigenvalue weighted by molar-refractivity contribution is -0.384. The number of benzene rings is 1. The molecule has 3 heterocycles. The molecule has 1 aromatic heterocycles. The lowest BCUT2D eigenvalue weighted by Gasteiger charge is -2.35. The van der Waals surface area contributed by atoms with Crippen molar-refractivity contribution in [3.8, 4) is 0 Å². The Morgan fingerprint density at radius 1 is 1.26 bits per heavy atom. The third-order valence-electron chi connectivity index (χ3n) is 5.09. The fraction of sp³-hybridized carbons (Fsp3) is 0.529. The summed E-state index contributed by atoms with van der Waals surface area (Å²) in [6, 6.07) is 4.09. The molecule has 0 saturated carbocycles. The second-order valence-corrected chi connectivity index (χ2v) is 6.79. The molecule has 0 N–H and O–H groups in total. The molecule has 2 aliphatic rings. The van der Waals surface area contributed by atoms with Crippen LogP contribution in [0, 0.1) is 10.1 Å². The van der Waals surface area contributed by atoms with Gasteiger partial charge in [-0.1, -0.05) is 0 Å². The van der Waals surface area contributed by atoms with Crippen LogP contribution in [0.1, 0.15) is 12.8 Å². The van der Waals surface area contributed by atoms with Gasteiger partial charge in [0.1, 0.15) is 6.10 Å². The number of fused-ring (bicyclic) bond motifs is 1. The molecule has 27 heavy (non-hydrogen) atoms. The van der Waals surface area contributed by atoms with Crippen LogP contribution in [0.25, 0.3) is 11.1 Å². The molecule has 0 bridgehead atoms. The van der Waals surface area contributed by atoms with Gasteiger partial charge < -0.3 is 14.1 Å². The molecule has 1 amide bonds. The summed E-state index contributed by atoms with van der Waals surface area (Å²) in [5.41, 5.74) is 0.619. The van der Waals surface area contributed by atoms with Gasteiger partial charge in [-0.2, -0.15) is 0 Å². The van der Waals surface area contributed by atoms with E-state index in [0.29, 0.717) is 43.9 Å². The van der Waals surface area contributed by atoms with Crippen LogP contribution in [-0.4, -0.2) is 64.1 Å². The van der Waals surface area contributed by atoms with Gasteiger partial charge in [-0.05, 0) is 18.9 Å². The normalized spacial score (nSPS) is 21.0. The Bertz CT molecular complexity index is 921. The highest BCUT2D eigenvalue weighted by Crippen LogP contribution is 2.21. The lowest BCUT2D eigenvalue weighted by atomic mass is 10.2. The number of carbonyl (C=O) groups is 1. The lowest BCUT2D eigenvalue weighted by Crippen LogP contribution is -2.51. The van der Waals surface area contributed by atoms with E-state index in [4.69, 9.17) is 9.15 Å². The molecule has 2 fully saturated rings. The number of oxazole rings is 1. The number of nitro groups is 1. The summed E-state index contributed by atoms with van der Waals surface area (Å²) in [6.07, 6.45) is 1.37. The van der Waals surface area contributed by atoms with Crippen molar-refractivity contribution in [3.05, 3.63) is 38.9 Å². The minimum atomic E-state index is -0.552. The summed E-state index contributed by atoms with van der Waals surface area (Å²) in [7, 11) is 0. The predicted octanol–water partition coefficient (Wildman–Crippen LogP) is 0.783. The first kappa shape index (κ1) is 17.7. The number of amides is 1. The molecule has 0 radical (unpaired) electrons. The van der Waals surface area contributed by atoms with Gasteiger partial charge in [0.2, 0.25) is 0 Å². The molecular weight excluding hydrogens is 356 g/mol. The van der Waals surface area contributed by atoms with Crippen molar-refractivity contribution in [2.45, 2.75) is 25.6 Å². The smallest absolute Gasteiger partial charge is 0.408 e. The number of nitro benzene ring substituents is 1. The van der Waals surface area contributed by atoms with E-state index in [0.717, 1.165) is 12.8 Å². The quantitative estimate of drug-likeness (QED) is 0.573. The Morgan fingerprint density at radius 2 is 2.04 bits per heavy atom. The fourth-order valence-electron chi connectivity index (χ4n) is 3.58. The second-order valence-electron chi connectivity index (χ2n) is 6.79. The molecule has 1 unspecified atom stereocenters. The summed E-state index contributed by atoms with van der Waals surface area (Å²) in [5, 5.41) is 11.0. The minimum absolute atomic E-state index is 0.0358. The van der Waals surface area contributed by atoms with Crippen LogP contribution in [0.15, 0.2) is 27.4 Å². The van der Waals surface area contributed by atoms with Gasteiger partial charge in [0.05, 0.1) is 17.1 Å². The molecule has 0 spiro atoms. The second kappa shape index (κ2) is 7.12. The molecule has 2 aromatic rings. The van der Waals surface area contributed by atoms with Crippen molar-refractivity contribution >= 4 is 22.7 Å². The number of ether oxygens (including phenoxy) is 1. The average molecular weight is 376 g/mol. The monoisotopic (exact) mass is 376 g/mol. The van der Waals surface area contributed by atoms with Crippen molar-refractivity contribution in [1.82, 2.24) is 14.4 Å². The van der Waals surface area contributed by atoms with Gasteiger partial charge in [-0.3, -0.25) is 24.4 Å². The molecule has 1 atom stereocenters. The minimum Gasteiger partial charge on any atom is -0.408 e. The van der Waals surface area contributed by atoms with Gasteiger partial charge in [0.15, 0.2) is 5.58 Å². The van der Waals surface area contributed by atoms with E-state index in [1.165, 1.54) is 22.8 Å². The van der Waals surface area contributed by atoms with Crippen molar-refractivity contribution in [2.24, 2.45) is 0 Å². The van der Waals surface area contributed by atoms with Gasteiger partial charge in [-0.15, -0.1) is 0 Å². The predicted molar refractivity (Wildman–Crippen MR) is 94.3 cm³/mol. The number of piperazine rings is 1. The molecule has 2 saturated heterocycles. The molecule has 2 aliphatic heterocycles. The number of rotatable bonds is 4. The molecule has 144 valence electrons. The topological polar surface area (TPSA) is 111 Å². The van der Waals surface area contributed by atoms with Gasteiger partial charge in [0.25, 0.3) is 11.6 Å². The largest absolute Gasteiger partial charge is 0.421 e.